The predicted octanol–water partition coefficient (Wildman–Crippen LogP) is 3.00. The molecule has 1 heterocycles. The molecule has 0 radical (unpaired) electrons. The first-order valence-corrected chi connectivity index (χ1v) is 11.0. The van der Waals surface area contributed by atoms with Crippen molar-refractivity contribution in [2.24, 2.45) is 0 Å². The second-order valence-electron chi connectivity index (χ2n) is 6.72. The third kappa shape index (κ3) is 6.08. The number of hydrogen-bond acceptors (Lipinski definition) is 4. The van der Waals surface area contributed by atoms with Crippen LogP contribution in [-0.4, -0.2) is 42.0 Å². The number of alkyl halides is 2. The lowest BCUT2D eigenvalue weighted by molar-refractivity contribution is -0.132. The van der Waals surface area contributed by atoms with Crippen molar-refractivity contribution in [2.75, 3.05) is 23.1 Å². The molecule has 1 aromatic carbocycles. The van der Waals surface area contributed by atoms with Crippen molar-refractivity contribution in [2.45, 2.75) is 13.0 Å². The summed E-state index contributed by atoms with van der Waals surface area (Å²) in [6.07, 6.45) is 5.10. The Morgan fingerprint density at radius 2 is 1.79 bits per heavy atom. The molecule has 2 aromatic rings. The van der Waals surface area contributed by atoms with Crippen LogP contribution in [-0.2, 0) is 11.3 Å². The van der Waals surface area contributed by atoms with E-state index in [4.69, 9.17) is 0 Å². The van der Waals surface area contributed by atoms with Gasteiger partial charge in [0.05, 0.1) is 24.6 Å². The van der Waals surface area contributed by atoms with E-state index < -0.39 is 40.1 Å². The minimum atomic E-state index is -3.29. The molecule has 0 fully saturated rings. The van der Waals surface area contributed by atoms with Crippen molar-refractivity contribution in [3.05, 3.63) is 59.4 Å². The Labute approximate surface area is 166 Å². The molecule has 2 rings (SSSR count). The highest BCUT2D eigenvalue weighted by Gasteiger charge is 2.21. The number of carbonyl (C=O) groups is 2. The molecule has 0 saturated carbocycles. The van der Waals surface area contributed by atoms with E-state index in [1.54, 1.807) is 5.43 Å². The topological polar surface area (TPSA) is 74.3 Å². The summed E-state index contributed by atoms with van der Waals surface area (Å²) in [5.41, 5.74) is 3.88. The van der Waals surface area contributed by atoms with Crippen molar-refractivity contribution >= 4 is 27.7 Å². The third-order valence-corrected chi connectivity index (χ3v) is 5.43. The molecule has 0 saturated heterocycles. The number of hydrazine groups is 1. The number of amides is 2. The molecule has 1 aromatic heterocycles. The van der Waals surface area contributed by atoms with Gasteiger partial charge in [0.25, 0.3) is 5.91 Å². The number of aromatic nitrogens is 1. The van der Waals surface area contributed by atoms with Gasteiger partial charge in [-0.15, -0.1) is 0 Å². The number of rotatable bonds is 6. The summed E-state index contributed by atoms with van der Waals surface area (Å²) in [6.45, 7) is 0.0970. The fourth-order valence-electron chi connectivity index (χ4n) is 2.35. The Morgan fingerprint density at radius 1 is 1.10 bits per heavy atom. The number of carbonyl (C=O) groups excluding carboxylic acids is 2. The molecule has 0 aliphatic heterocycles. The van der Waals surface area contributed by atoms with Gasteiger partial charge in [0.15, 0.2) is 0 Å². The van der Waals surface area contributed by atoms with E-state index in [1.807, 2.05) is 23.1 Å². The lowest BCUT2D eigenvalue weighted by atomic mass is 10.1. The quantitative estimate of drug-likeness (QED) is 0.544. The van der Waals surface area contributed by atoms with Crippen LogP contribution in [0.15, 0.2) is 36.7 Å². The van der Waals surface area contributed by atoms with Gasteiger partial charge < -0.3 is 4.31 Å². The number of benzene rings is 1. The maximum absolute atomic E-state index is 14.6. The maximum atomic E-state index is 14.6. The molecule has 158 valence electrons. The average Bonchev–Trinajstić information content (AvgIpc) is 2.63. The molecule has 0 bridgehead atoms. The van der Waals surface area contributed by atoms with Gasteiger partial charge in [-0.1, -0.05) is 6.07 Å². The van der Waals surface area contributed by atoms with Crippen molar-refractivity contribution in [3.8, 4) is 0 Å². The number of halogens is 4. The second-order valence-corrected chi connectivity index (χ2v) is 10.7. The zero-order valence-corrected chi connectivity index (χ0v) is 16.7. The van der Waals surface area contributed by atoms with Gasteiger partial charge in [0.2, 0.25) is 0 Å². The molecular formula is C18H20F4N4O2S. The first kappa shape index (κ1) is 22.5. The molecular weight excluding hydrogens is 412 g/mol. The fourth-order valence-corrected chi connectivity index (χ4v) is 3.61. The van der Waals surface area contributed by atoms with Crippen molar-refractivity contribution < 1.29 is 27.2 Å². The summed E-state index contributed by atoms with van der Waals surface area (Å²) < 4.78 is 54.2. The number of nitrogens with zero attached hydrogens (tertiary/aromatic N) is 2. The molecule has 2 N–H and O–H groups in total. The van der Waals surface area contributed by atoms with E-state index in [2.05, 4.69) is 4.98 Å². The Kier molecular flexibility index (Phi) is 7.07. The molecule has 0 unspecified atom stereocenters. The van der Waals surface area contributed by atoms with Gasteiger partial charge >= 0.3 is 12.3 Å². The lowest BCUT2D eigenvalue weighted by Crippen LogP contribution is -2.44. The van der Waals surface area contributed by atoms with Crippen LogP contribution >= 0.6 is 10.2 Å². The highest BCUT2D eigenvalue weighted by molar-refractivity contribution is 8.33. The van der Waals surface area contributed by atoms with Crippen molar-refractivity contribution in [1.82, 2.24) is 15.8 Å². The van der Waals surface area contributed by atoms with E-state index in [0.717, 1.165) is 12.3 Å². The molecule has 0 aliphatic carbocycles. The summed E-state index contributed by atoms with van der Waals surface area (Å²) in [5, 5.41) is 0. The smallest absolute Gasteiger partial charge is 0.317 e. The summed E-state index contributed by atoms with van der Waals surface area (Å²) in [5.74, 6) is -3.86. The fraction of sp³-hybridized carbons (Fsp3) is 0.278. The standard InChI is InChI=1S/C18H20F4N4O2S/c1-29(2,3)26(14-7-13(19)8-23-9-14)10-12-5-4-11(6-15(12)20)17(27)24-25-18(28)16(21)22/h4-9,16H,10H2,1-3H3,(H,24,27)(H,25,28). The predicted molar refractivity (Wildman–Crippen MR) is 104 cm³/mol. The van der Waals surface area contributed by atoms with Gasteiger partial charge in [-0.05, 0) is 30.9 Å². The Balaban J connectivity index is 2.20. The number of pyridine rings is 1. The van der Waals surface area contributed by atoms with Gasteiger partial charge in [-0.3, -0.25) is 25.4 Å². The van der Waals surface area contributed by atoms with Gasteiger partial charge in [0, 0.05) is 17.2 Å². The number of hydrogen-bond donors (Lipinski definition) is 2. The van der Waals surface area contributed by atoms with Gasteiger partial charge in [0.1, 0.15) is 11.6 Å². The van der Waals surface area contributed by atoms with Crippen LogP contribution in [0.2, 0.25) is 0 Å². The summed E-state index contributed by atoms with van der Waals surface area (Å²) >= 11 is 0. The third-order valence-electron chi connectivity index (χ3n) is 3.77. The molecule has 11 heteroatoms. The van der Waals surface area contributed by atoms with E-state index in [-0.39, 0.29) is 17.7 Å². The minimum absolute atomic E-state index is 0.0970. The van der Waals surface area contributed by atoms with E-state index in [0.29, 0.717) is 5.69 Å². The van der Waals surface area contributed by atoms with Crippen LogP contribution < -0.4 is 15.2 Å². The first-order chi connectivity index (χ1) is 13.5. The second kappa shape index (κ2) is 9.12. The van der Waals surface area contributed by atoms with E-state index in [9.17, 15) is 27.2 Å². The summed E-state index contributed by atoms with van der Waals surface area (Å²) in [7, 11) is -1.44. The monoisotopic (exact) mass is 432 g/mol. The number of nitrogens with one attached hydrogen (secondary N) is 2. The summed E-state index contributed by atoms with van der Waals surface area (Å²) in [4.78, 5) is 26.5. The molecule has 0 spiro atoms. The molecule has 2 amide bonds. The molecule has 0 atom stereocenters. The summed E-state index contributed by atoms with van der Waals surface area (Å²) in [6, 6.07) is 4.89. The van der Waals surface area contributed by atoms with Crippen LogP contribution in [0.25, 0.3) is 0 Å². The Morgan fingerprint density at radius 3 is 2.34 bits per heavy atom. The molecule has 6 nitrogen and oxygen atoms in total. The van der Waals surface area contributed by atoms with Crippen LogP contribution in [0.4, 0.5) is 23.2 Å². The largest absolute Gasteiger partial charge is 0.329 e. The SMILES string of the molecule is CS(C)(C)N(Cc1ccc(C(=O)NNC(=O)C(F)F)cc1F)c1cncc(F)c1. The Hall–Kier alpha value is -2.82. The average molecular weight is 432 g/mol. The highest BCUT2D eigenvalue weighted by atomic mass is 32.3. The van der Waals surface area contributed by atoms with Gasteiger partial charge in [-0.2, -0.15) is 19.0 Å². The normalized spacial score (nSPS) is 11.9. The minimum Gasteiger partial charge on any atom is -0.329 e. The molecule has 0 aliphatic rings. The zero-order chi connectivity index (χ0) is 21.8. The van der Waals surface area contributed by atoms with Crippen LogP contribution in [0.5, 0.6) is 0 Å². The van der Waals surface area contributed by atoms with Crippen LogP contribution in [0.1, 0.15) is 15.9 Å². The Bertz CT molecular complexity index is 906. The van der Waals surface area contributed by atoms with E-state index in [1.165, 1.54) is 29.8 Å². The van der Waals surface area contributed by atoms with E-state index >= 15 is 0 Å². The number of anilines is 1. The van der Waals surface area contributed by atoms with Crippen LogP contribution in [0, 0.1) is 11.6 Å². The maximum Gasteiger partial charge on any atom is 0.317 e. The van der Waals surface area contributed by atoms with Crippen molar-refractivity contribution in [1.29, 1.82) is 0 Å². The zero-order valence-electron chi connectivity index (χ0n) is 15.9. The first-order valence-electron chi connectivity index (χ1n) is 8.22. The van der Waals surface area contributed by atoms with Gasteiger partial charge in [-0.25, -0.2) is 8.78 Å². The lowest BCUT2D eigenvalue weighted by Gasteiger charge is -2.42. The molecule has 29 heavy (non-hydrogen) atoms. The van der Waals surface area contributed by atoms with Crippen molar-refractivity contribution in [3.63, 3.8) is 0 Å². The highest BCUT2D eigenvalue weighted by Crippen LogP contribution is 2.44. The van der Waals surface area contributed by atoms with Crippen LogP contribution in [0.3, 0.4) is 0 Å².